The molecule has 1 aromatic carbocycles. The summed E-state index contributed by atoms with van der Waals surface area (Å²) < 4.78 is 0. The van der Waals surface area contributed by atoms with E-state index in [1.165, 1.54) is 11.0 Å². The zero-order chi connectivity index (χ0) is 14.0. The van der Waals surface area contributed by atoms with Crippen LogP contribution in [0.25, 0.3) is 0 Å². The number of rotatable bonds is 3. The van der Waals surface area contributed by atoms with Crippen LogP contribution in [0.4, 0.5) is 5.69 Å². The highest BCUT2D eigenvalue weighted by atomic mass is 16.4. The number of carbonyl (C=O) groups excluding carboxylic acids is 1. The summed E-state index contributed by atoms with van der Waals surface area (Å²) in [5.41, 5.74) is 0.594. The van der Waals surface area contributed by atoms with Gasteiger partial charge in [0, 0.05) is 13.6 Å². The van der Waals surface area contributed by atoms with Gasteiger partial charge in [-0.3, -0.25) is 4.79 Å². The molecule has 1 aliphatic heterocycles. The van der Waals surface area contributed by atoms with Crippen LogP contribution in [0.2, 0.25) is 0 Å². The van der Waals surface area contributed by atoms with Crippen molar-refractivity contribution in [3.05, 3.63) is 29.8 Å². The van der Waals surface area contributed by atoms with Crippen molar-refractivity contribution in [1.82, 2.24) is 5.32 Å². The second-order valence-electron chi connectivity index (χ2n) is 4.96. The lowest BCUT2D eigenvalue weighted by molar-refractivity contribution is -0.122. The van der Waals surface area contributed by atoms with Crippen molar-refractivity contribution >= 4 is 17.6 Å². The third-order valence-electron chi connectivity index (χ3n) is 3.66. The minimum atomic E-state index is -1.02. The van der Waals surface area contributed by atoms with E-state index in [1.807, 2.05) is 6.92 Å². The third kappa shape index (κ3) is 2.61. The first-order valence-corrected chi connectivity index (χ1v) is 6.33. The molecule has 0 saturated carbocycles. The van der Waals surface area contributed by atoms with E-state index in [1.54, 1.807) is 25.2 Å². The number of amides is 1. The average Bonchev–Trinajstić information content (AvgIpc) is 2.83. The number of hydrogen-bond donors (Lipinski definition) is 2. The minimum absolute atomic E-state index is 0.0359. The van der Waals surface area contributed by atoms with Crippen LogP contribution in [-0.2, 0) is 4.79 Å². The summed E-state index contributed by atoms with van der Waals surface area (Å²) >= 11 is 0. The molecule has 1 heterocycles. The molecule has 1 amide bonds. The molecule has 102 valence electrons. The van der Waals surface area contributed by atoms with Crippen LogP contribution in [0.1, 0.15) is 17.3 Å². The number of aromatic carboxylic acids is 1. The minimum Gasteiger partial charge on any atom is -0.478 e. The van der Waals surface area contributed by atoms with E-state index in [4.69, 9.17) is 5.11 Å². The van der Waals surface area contributed by atoms with E-state index >= 15 is 0 Å². The number of nitrogens with zero attached hydrogens (tertiary/aromatic N) is 1. The number of para-hydroxylation sites is 1. The lowest BCUT2D eigenvalue weighted by Gasteiger charge is -2.24. The monoisotopic (exact) mass is 262 g/mol. The predicted octanol–water partition coefficient (Wildman–Crippen LogP) is 1.20. The van der Waals surface area contributed by atoms with Gasteiger partial charge in [-0.05, 0) is 24.6 Å². The molecule has 0 bridgehead atoms. The summed E-state index contributed by atoms with van der Waals surface area (Å²) in [5, 5.41) is 12.3. The molecule has 0 spiro atoms. The molecule has 2 unspecified atom stereocenters. The van der Waals surface area contributed by atoms with Crippen LogP contribution < -0.4 is 10.2 Å². The highest BCUT2D eigenvalue weighted by molar-refractivity contribution is 6.02. The van der Waals surface area contributed by atoms with Gasteiger partial charge in [-0.2, -0.15) is 0 Å². The topological polar surface area (TPSA) is 69.6 Å². The molecule has 2 N–H and O–H groups in total. The maximum atomic E-state index is 12.4. The largest absolute Gasteiger partial charge is 0.478 e. The number of benzene rings is 1. The van der Waals surface area contributed by atoms with E-state index < -0.39 is 5.97 Å². The van der Waals surface area contributed by atoms with Crippen molar-refractivity contribution in [3.63, 3.8) is 0 Å². The first-order valence-electron chi connectivity index (χ1n) is 6.33. The number of carbonyl (C=O) groups is 2. The Balaban J connectivity index is 2.26. The molecule has 5 nitrogen and oxygen atoms in total. The molecule has 1 fully saturated rings. The van der Waals surface area contributed by atoms with Gasteiger partial charge in [0.2, 0.25) is 5.91 Å². The SMILES string of the molecule is CC1CNCC1C(=O)N(C)c1ccccc1C(=O)O. The molecule has 0 radical (unpaired) electrons. The van der Waals surface area contributed by atoms with Crippen molar-refractivity contribution in [3.8, 4) is 0 Å². The lowest BCUT2D eigenvalue weighted by atomic mass is 9.96. The van der Waals surface area contributed by atoms with Crippen LogP contribution in [0.3, 0.4) is 0 Å². The van der Waals surface area contributed by atoms with E-state index in [0.29, 0.717) is 12.2 Å². The molecule has 2 atom stereocenters. The zero-order valence-electron chi connectivity index (χ0n) is 11.1. The lowest BCUT2D eigenvalue weighted by Crippen LogP contribution is -2.36. The van der Waals surface area contributed by atoms with Crippen molar-refractivity contribution in [2.45, 2.75) is 6.92 Å². The predicted molar refractivity (Wildman–Crippen MR) is 72.3 cm³/mol. The summed E-state index contributed by atoms with van der Waals surface area (Å²) in [4.78, 5) is 25.1. The Kier molecular flexibility index (Phi) is 3.85. The van der Waals surface area contributed by atoms with E-state index in [-0.39, 0.29) is 23.3 Å². The maximum absolute atomic E-state index is 12.4. The Bertz CT molecular complexity index is 501. The molecule has 19 heavy (non-hydrogen) atoms. The van der Waals surface area contributed by atoms with Gasteiger partial charge < -0.3 is 15.3 Å². The van der Waals surface area contributed by atoms with Crippen LogP contribution in [0.5, 0.6) is 0 Å². The Morgan fingerprint density at radius 2 is 2.00 bits per heavy atom. The summed E-state index contributed by atoms with van der Waals surface area (Å²) in [7, 11) is 1.63. The fourth-order valence-electron chi connectivity index (χ4n) is 2.46. The molecule has 5 heteroatoms. The summed E-state index contributed by atoms with van der Waals surface area (Å²) in [5.74, 6) is -0.877. The summed E-state index contributed by atoms with van der Waals surface area (Å²) in [6, 6.07) is 6.57. The number of nitrogens with one attached hydrogen (secondary N) is 1. The Hall–Kier alpha value is -1.88. The molecule has 1 aromatic rings. The van der Waals surface area contributed by atoms with Crippen LogP contribution >= 0.6 is 0 Å². The van der Waals surface area contributed by atoms with Gasteiger partial charge in [0.1, 0.15) is 0 Å². The molecule has 0 aliphatic carbocycles. The molecule has 2 rings (SSSR count). The van der Waals surface area contributed by atoms with E-state index in [0.717, 1.165) is 6.54 Å². The number of carboxylic acid groups (broad SMARTS) is 1. The second kappa shape index (κ2) is 5.40. The van der Waals surface area contributed by atoms with Gasteiger partial charge in [-0.15, -0.1) is 0 Å². The average molecular weight is 262 g/mol. The molecule has 1 saturated heterocycles. The fraction of sp³-hybridized carbons (Fsp3) is 0.429. The summed E-state index contributed by atoms with van der Waals surface area (Å²) in [6.45, 7) is 3.50. The fourth-order valence-corrected chi connectivity index (χ4v) is 2.46. The maximum Gasteiger partial charge on any atom is 0.337 e. The summed E-state index contributed by atoms with van der Waals surface area (Å²) in [6.07, 6.45) is 0. The van der Waals surface area contributed by atoms with Gasteiger partial charge in [-0.25, -0.2) is 4.79 Å². The van der Waals surface area contributed by atoms with E-state index in [9.17, 15) is 9.59 Å². The van der Waals surface area contributed by atoms with Crippen LogP contribution in [0, 0.1) is 11.8 Å². The van der Waals surface area contributed by atoms with Gasteiger partial charge in [-0.1, -0.05) is 19.1 Å². The van der Waals surface area contributed by atoms with Crippen LogP contribution in [-0.4, -0.2) is 37.1 Å². The zero-order valence-corrected chi connectivity index (χ0v) is 11.1. The Labute approximate surface area is 112 Å². The van der Waals surface area contributed by atoms with Gasteiger partial charge in [0.25, 0.3) is 0 Å². The second-order valence-corrected chi connectivity index (χ2v) is 4.96. The van der Waals surface area contributed by atoms with Crippen molar-refractivity contribution in [1.29, 1.82) is 0 Å². The Morgan fingerprint density at radius 3 is 2.58 bits per heavy atom. The van der Waals surface area contributed by atoms with Crippen molar-refractivity contribution in [2.24, 2.45) is 11.8 Å². The smallest absolute Gasteiger partial charge is 0.337 e. The molecule has 1 aliphatic rings. The highest BCUT2D eigenvalue weighted by Crippen LogP contribution is 2.24. The first kappa shape index (κ1) is 13.5. The van der Waals surface area contributed by atoms with Crippen molar-refractivity contribution in [2.75, 3.05) is 25.0 Å². The normalized spacial score (nSPS) is 22.2. The standard InChI is InChI=1S/C14H18N2O3/c1-9-7-15-8-11(9)13(17)16(2)12-6-4-3-5-10(12)14(18)19/h3-6,9,11,15H,7-8H2,1-2H3,(H,18,19). The van der Waals surface area contributed by atoms with Gasteiger partial charge in [0.15, 0.2) is 0 Å². The third-order valence-corrected chi connectivity index (χ3v) is 3.66. The van der Waals surface area contributed by atoms with Crippen LogP contribution in [0.15, 0.2) is 24.3 Å². The number of hydrogen-bond acceptors (Lipinski definition) is 3. The quantitative estimate of drug-likeness (QED) is 0.859. The molecule has 0 aromatic heterocycles. The first-order chi connectivity index (χ1) is 9.02. The highest BCUT2D eigenvalue weighted by Gasteiger charge is 2.32. The Morgan fingerprint density at radius 1 is 1.32 bits per heavy atom. The molecular weight excluding hydrogens is 244 g/mol. The number of carboxylic acids is 1. The number of anilines is 1. The molecular formula is C14H18N2O3. The van der Waals surface area contributed by atoms with Gasteiger partial charge >= 0.3 is 5.97 Å². The van der Waals surface area contributed by atoms with Gasteiger partial charge in [0.05, 0.1) is 17.2 Å². The van der Waals surface area contributed by atoms with E-state index in [2.05, 4.69) is 5.32 Å². The van der Waals surface area contributed by atoms with Crippen molar-refractivity contribution < 1.29 is 14.7 Å².